The minimum atomic E-state index is 0.391. The van der Waals surface area contributed by atoms with Gasteiger partial charge < -0.3 is 11.1 Å². The van der Waals surface area contributed by atoms with Crippen molar-refractivity contribution in [1.82, 2.24) is 4.98 Å². The van der Waals surface area contributed by atoms with Crippen LogP contribution in [-0.4, -0.2) is 9.97 Å². The van der Waals surface area contributed by atoms with Gasteiger partial charge in [-0.15, -0.1) is 0 Å². The molecule has 2 aromatic rings. The lowest BCUT2D eigenvalue weighted by atomic mass is 10.1. The van der Waals surface area contributed by atoms with E-state index in [-0.39, 0.29) is 0 Å². The van der Waals surface area contributed by atoms with E-state index in [1.165, 1.54) is 0 Å². The zero-order valence-corrected chi connectivity index (χ0v) is 11.2. The topological polar surface area (TPSA) is 50.9 Å². The number of nitrogens with two attached hydrogens (primary N) is 1. The second kappa shape index (κ2) is 5.14. The summed E-state index contributed by atoms with van der Waals surface area (Å²) in [6.45, 7) is 3.98. The fourth-order valence-electron chi connectivity index (χ4n) is 1.79. The first-order chi connectivity index (χ1) is 8.59. The summed E-state index contributed by atoms with van der Waals surface area (Å²) in [5.41, 5.74) is 10.6. The molecule has 3 N–H and O–H groups in total. The summed E-state index contributed by atoms with van der Waals surface area (Å²) in [5, 5.41) is 3.36. The number of hydrogen-bond acceptors (Lipinski definition) is 3. The van der Waals surface area contributed by atoms with E-state index in [2.05, 4.69) is 10.3 Å². The summed E-state index contributed by atoms with van der Waals surface area (Å²) in [6, 6.07) is 9.77. The smallest absolute Gasteiger partial charge is 0.106 e. The van der Waals surface area contributed by atoms with Crippen LogP contribution in [0.5, 0.6) is 0 Å². The average molecular weight is 257 g/mol. The Morgan fingerprint density at radius 1 is 1.22 bits per heavy atom. The molecular weight excluding hydrogens is 242 g/mol. The van der Waals surface area contributed by atoms with E-state index in [9.17, 15) is 0 Å². The maximum atomic E-state index is 5.75. The van der Waals surface area contributed by atoms with Crippen LogP contribution >= 0.6 is 12.2 Å². The summed E-state index contributed by atoms with van der Waals surface area (Å²) in [5.74, 6) is 0. The molecule has 0 radical (unpaired) electrons. The molecular formula is C14H15N3S. The van der Waals surface area contributed by atoms with E-state index >= 15 is 0 Å². The molecule has 0 aliphatic heterocycles. The van der Waals surface area contributed by atoms with Gasteiger partial charge in [0.25, 0.3) is 0 Å². The third-order valence-corrected chi connectivity index (χ3v) is 3.02. The molecule has 0 aliphatic carbocycles. The van der Waals surface area contributed by atoms with Gasteiger partial charge in [-0.1, -0.05) is 24.4 Å². The zero-order chi connectivity index (χ0) is 13.1. The number of nitrogens with zero attached hydrogens (tertiary/aromatic N) is 1. The van der Waals surface area contributed by atoms with Crippen molar-refractivity contribution in [2.45, 2.75) is 13.8 Å². The van der Waals surface area contributed by atoms with Crippen LogP contribution < -0.4 is 11.1 Å². The van der Waals surface area contributed by atoms with Crippen molar-refractivity contribution in [1.29, 1.82) is 0 Å². The Balaban J connectivity index is 2.46. The Bertz CT molecular complexity index is 593. The maximum Gasteiger partial charge on any atom is 0.106 e. The molecule has 0 saturated heterocycles. The van der Waals surface area contributed by atoms with Gasteiger partial charge in [-0.05, 0) is 37.6 Å². The Morgan fingerprint density at radius 2 is 2.00 bits per heavy atom. The average Bonchev–Trinajstić information content (AvgIpc) is 2.34. The lowest BCUT2D eigenvalue weighted by Gasteiger charge is -2.15. The zero-order valence-electron chi connectivity index (χ0n) is 10.4. The molecule has 1 aromatic heterocycles. The minimum absolute atomic E-state index is 0.391. The van der Waals surface area contributed by atoms with Crippen molar-refractivity contribution in [2.24, 2.45) is 5.73 Å². The molecule has 1 heterocycles. The molecule has 1 aromatic carbocycles. The highest BCUT2D eigenvalue weighted by Crippen LogP contribution is 2.25. The predicted octanol–water partition coefficient (Wildman–Crippen LogP) is 3.08. The van der Waals surface area contributed by atoms with Gasteiger partial charge >= 0.3 is 0 Å². The van der Waals surface area contributed by atoms with Crippen molar-refractivity contribution < 1.29 is 0 Å². The minimum Gasteiger partial charge on any atom is -0.389 e. The quantitative estimate of drug-likeness (QED) is 0.830. The number of pyridine rings is 1. The lowest BCUT2D eigenvalue weighted by Crippen LogP contribution is -2.13. The molecule has 0 spiro atoms. The summed E-state index contributed by atoms with van der Waals surface area (Å²) >= 11 is 5.08. The summed E-state index contributed by atoms with van der Waals surface area (Å²) in [4.78, 5) is 4.64. The van der Waals surface area contributed by atoms with Gasteiger partial charge in [-0.2, -0.15) is 0 Å². The van der Waals surface area contributed by atoms with E-state index in [0.29, 0.717) is 4.99 Å². The van der Waals surface area contributed by atoms with Crippen LogP contribution in [0, 0.1) is 13.8 Å². The van der Waals surface area contributed by atoms with Gasteiger partial charge in [0.2, 0.25) is 0 Å². The molecule has 92 valence electrons. The number of para-hydroxylation sites is 1. The first-order valence-electron chi connectivity index (χ1n) is 5.67. The maximum absolute atomic E-state index is 5.75. The molecule has 0 aliphatic rings. The fourth-order valence-corrected chi connectivity index (χ4v) is 1.96. The molecule has 0 fully saturated rings. The number of aryl methyl sites for hydroxylation is 2. The number of nitrogens with one attached hydrogen (secondary N) is 1. The van der Waals surface area contributed by atoms with Crippen molar-refractivity contribution >= 4 is 28.6 Å². The Morgan fingerprint density at radius 3 is 2.67 bits per heavy atom. The Labute approximate surface area is 112 Å². The highest BCUT2D eigenvalue weighted by molar-refractivity contribution is 7.80. The number of rotatable bonds is 3. The predicted molar refractivity (Wildman–Crippen MR) is 79.3 cm³/mol. The molecule has 0 atom stereocenters. The van der Waals surface area contributed by atoms with Gasteiger partial charge in [-0.3, -0.25) is 4.98 Å². The van der Waals surface area contributed by atoms with Crippen LogP contribution in [0.4, 0.5) is 11.4 Å². The highest BCUT2D eigenvalue weighted by atomic mass is 32.1. The van der Waals surface area contributed by atoms with E-state index in [4.69, 9.17) is 18.0 Å². The standard InChI is InChI=1S/C14H15N3S/c1-9-5-3-6-11(14(15)18)13(9)17-12-7-4-8-16-10(12)2/h3-8,17H,1-2H3,(H2,15,18). The summed E-state index contributed by atoms with van der Waals surface area (Å²) < 4.78 is 0. The van der Waals surface area contributed by atoms with E-state index < -0.39 is 0 Å². The first kappa shape index (κ1) is 12.5. The third-order valence-electron chi connectivity index (χ3n) is 2.80. The van der Waals surface area contributed by atoms with E-state index in [1.807, 2.05) is 44.2 Å². The molecule has 0 unspecified atom stereocenters. The van der Waals surface area contributed by atoms with Crippen LogP contribution in [0.15, 0.2) is 36.5 Å². The largest absolute Gasteiger partial charge is 0.389 e. The van der Waals surface area contributed by atoms with Crippen LogP contribution in [0.25, 0.3) is 0 Å². The molecule has 3 nitrogen and oxygen atoms in total. The highest BCUT2D eigenvalue weighted by Gasteiger charge is 2.09. The van der Waals surface area contributed by atoms with Crippen molar-refractivity contribution in [3.8, 4) is 0 Å². The van der Waals surface area contributed by atoms with E-state index in [0.717, 1.165) is 28.2 Å². The Hall–Kier alpha value is -1.94. The number of hydrogen-bond donors (Lipinski definition) is 2. The molecule has 4 heteroatoms. The Kier molecular flexibility index (Phi) is 3.58. The third kappa shape index (κ3) is 2.49. The van der Waals surface area contributed by atoms with E-state index in [1.54, 1.807) is 6.20 Å². The number of benzene rings is 1. The second-order valence-corrected chi connectivity index (χ2v) is 4.56. The van der Waals surface area contributed by atoms with Crippen molar-refractivity contribution in [3.63, 3.8) is 0 Å². The monoisotopic (exact) mass is 257 g/mol. The van der Waals surface area contributed by atoms with Gasteiger partial charge in [-0.25, -0.2) is 0 Å². The molecule has 0 bridgehead atoms. The van der Waals surface area contributed by atoms with Crippen molar-refractivity contribution in [2.75, 3.05) is 5.32 Å². The number of aromatic nitrogens is 1. The summed E-state index contributed by atoms with van der Waals surface area (Å²) in [6.07, 6.45) is 1.77. The van der Waals surface area contributed by atoms with Crippen LogP contribution in [0.3, 0.4) is 0 Å². The molecule has 0 amide bonds. The van der Waals surface area contributed by atoms with Gasteiger partial charge in [0.15, 0.2) is 0 Å². The van der Waals surface area contributed by atoms with Gasteiger partial charge in [0, 0.05) is 11.8 Å². The van der Waals surface area contributed by atoms with Gasteiger partial charge in [0.1, 0.15) is 4.99 Å². The van der Waals surface area contributed by atoms with Gasteiger partial charge in [0.05, 0.1) is 17.1 Å². The fraction of sp³-hybridized carbons (Fsp3) is 0.143. The van der Waals surface area contributed by atoms with Crippen LogP contribution in [0.2, 0.25) is 0 Å². The number of anilines is 2. The second-order valence-electron chi connectivity index (χ2n) is 4.12. The van der Waals surface area contributed by atoms with Crippen molar-refractivity contribution in [3.05, 3.63) is 53.3 Å². The summed E-state index contributed by atoms with van der Waals surface area (Å²) in [7, 11) is 0. The lowest BCUT2D eigenvalue weighted by molar-refractivity contribution is 1.20. The van der Waals surface area contributed by atoms with Crippen LogP contribution in [0.1, 0.15) is 16.8 Å². The normalized spacial score (nSPS) is 10.1. The molecule has 18 heavy (non-hydrogen) atoms. The van der Waals surface area contributed by atoms with Crippen LogP contribution in [-0.2, 0) is 0 Å². The first-order valence-corrected chi connectivity index (χ1v) is 6.08. The molecule has 0 saturated carbocycles. The SMILES string of the molecule is Cc1cccc(C(N)=S)c1Nc1cccnc1C. The number of thiocarbonyl (C=S) groups is 1. The molecule has 2 rings (SSSR count).